The van der Waals surface area contributed by atoms with Gasteiger partial charge < -0.3 is 4.90 Å². The van der Waals surface area contributed by atoms with Crippen LogP contribution in [0.15, 0.2) is 42.5 Å². The van der Waals surface area contributed by atoms with Crippen molar-refractivity contribution >= 4 is 32.6 Å². The quantitative estimate of drug-likeness (QED) is 0.660. The van der Waals surface area contributed by atoms with Gasteiger partial charge in [0.05, 0.1) is 16.6 Å². The Morgan fingerprint density at radius 3 is 2.54 bits per heavy atom. The fraction of sp³-hybridized carbons (Fsp3) is 0.300. The van der Waals surface area contributed by atoms with Crippen LogP contribution in [-0.4, -0.2) is 43.0 Å². The number of anilines is 1. The van der Waals surface area contributed by atoms with Gasteiger partial charge in [-0.3, -0.25) is 9.69 Å². The maximum Gasteiger partial charge on any atom is 0.233 e. The van der Waals surface area contributed by atoms with Crippen molar-refractivity contribution in [3.63, 3.8) is 0 Å². The molecule has 136 valence electrons. The Balaban J connectivity index is 1.87. The van der Waals surface area contributed by atoms with E-state index in [-0.39, 0.29) is 18.1 Å². The van der Waals surface area contributed by atoms with E-state index in [1.807, 2.05) is 38.1 Å². The number of aryl methyl sites for hydroxylation is 1. The van der Waals surface area contributed by atoms with Crippen LogP contribution in [0.3, 0.4) is 0 Å². The molecular weight excluding hydrogens is 349 g/mol. The van der Waals surface area contributed by atoms with Gasteiger partial charge in [0, 0.05) is 13.1 Å². The summed E-state index contributed by atoms with van der Waals surface area (Å²) in [6, 6.07) is 12.2. The molecule has 0 atom stereocenters. The summed E-state index contributed by atoms with van der Waals surface area (Å²) in [7, 11) is 3.95. The summed E-state index contributed by atoms with van der Waals surface area (Å²) < 4.78 is 14.2. The summed E-state index contributed by atoms with van der Waals surface area (Å²) in [5.41, 5.74) is 2.87. The van der Waals surface area contributed by atoms with Crippen LogP contribution in [0.4, 0.5) is 9.52 Å². The number of likely N-dealkylation sites (N-methyl/N-ethyl adjacent to an activating group) is 1. The molecule has 0 radical (unpaired) electrons. The second-order valence-corrected chi connectivity index (χ2v) is 7.63. The van der Waals surface area contributed by atoms with Crippen LogP contribution in [0.5, 0.6) is 0 Å². The van der Waals surface area contributed by atoms with Gasteiger partial charge in [-0.2, -0.15) is 0 Å². The molecule has 0 unspecified atom stereocenters. The topological polar surface area (TPSA) is 36.4 Å². The van der Waals surface area contributed by atoms with Crippen molar-refractivity contribution in [2.45, 2.75) is 13.3 Å². The molecule has 2 aromatic carbocycles. The molecule has 0 fully saturated rings. The third-order valence-electron chi connectivity index (χ3n) is 4.10. The van der Waals surface area contributed by atoms with Crippen molar-refractivity contribution < 1.29 is 9.18 Å². The van der Waals surface area contributed by atoms with E-state index in [4.69, 9.17) is 0 Å². The van der Waals surface area contributed by atoms with Gasteiger partial charge in [0.1, 0.15) is 5.82 Å². The van der Waals surface area contributed by atoms with E-state index in [0.29, 0.717) is 11.7 Å². The maximum atomic E-state index is 13.1. The minimum absolute atomic E-state index is 0.0331. The molecule has 0 saturated heterocycles. The van der Waals surface area contributed by atoms with Crippen LogP contribution in [-0.2, 0) is 11.2 Å². The third kappa shape index (κ3) is 4.45. The number of carbonyl (C=O) groups is 1. The smallest absolute Gasteiger partial charge is 0.233 e. The van der Waals surface area contributed by atoms with E-state index >= 15 is 0 Å². The molecule has 1 amide bonds. The molecule has 0 bridgehead atoms. The lowest BCUT2D eigenvalue weighted by Gasteiger charge is -2.22. The lowest BCUT2D eigenvalue weighted by atomic mass is 10.1. The monoisotopic (exact) mass is 371 g/mol. The number of thiazole rings is 1. The summed E-state index contributed by atoms with van der Waals surface area (Å²) in [6.07, 6.45) is 0.225. The molecule has 26 heavy (non-hydrogen) atoms. The van der Waals surface area contributed by atoms with Crippen molar-refractivity contribution in [3.05, 3.63) is 59.4 Å². The average molecular weight is 371 g/mol. The minimum atomic E-state index is -0.299. The number of rotatable bonds is 6. The van der Waals surface area contributed by atoms with Crippen LogP contribution >= 0.6 is 11.3 Å². The zero-order valence-electron chi connectivity index (χ0n) is 15.2. The zero-order chi connectivity index (χ0) is 18.7. The third-order valence-corrected chi connectivity index (χ3v) is 5.15. The van der Waals surface area contributed by atoms with Gasteiger partial charge in [-0.25, -0.2) is 9.37 Å². The lowest BCUT2D eigenvalue weighted by Crippen LogP contribution is -2.37. The number of aromatic nitrogens is 1. The summed E-state index contributed by atoms with van der Waals surface area (Å²) in [5.74, 6) is -0.332. The number of hydrogen-bond acceptors (Lipinski definition) is 4. The number of nitrogens with zero attached hydrogens (tertiary/aromatic N) is 3. The number of carbonyl (C=O) groups excluding carboxylic acids is 1. The fourth-order valence-corrected chi connectivity index (χ4v) is 3.74. The number of benzene rings is 2. The largest absolute Gasteiger partial charge is 0.308 e. The van der Waals surface area contributed by atoms with Crippen molar-refractivity contribution in [1.82, 2.24) is 9.88 Å². The minimum Gasteiger partial charge on any atom is -0.308 e. The first-order valence-corrected chi connectivity index (χ1v) is 9.31. The summed E-state index contributed by atoms with van der Waals surface area (Å²) >= 11 is 1.53. The molecule has 1 aromatic heterocycles. The number of hydrogen-bond donors (Lipinski definition) is 0. The predicted octanol–water partition coefficient (Wildman–Crippen LogP) is 3.88. The Bertz CT molecular complexity index is 905. The van der Waals surface area contributed by atoms with Crippen LogP contribution < -0.4 is 4.90 Å². The van der Waals surface area contributed by atoms with Gasteiger partial charge in [0.2, 0.25) is 5.91 Å². The molecular formula is C20H22FN3OS. The highest BCUT2D eigenvalue weighted by molar-refractivity contribution is 7.22. The van der Waals surface area contributed by atoms with Crippen molar-refractivity contribution in [2.75, 3.05) is 32.1 Å². The molecule has 0 N–H and O–H groups in total. The molecule has 0 aliphatic rings. The molecule has 0 aliphatic heterocycles. The van der Waals surface area contributed by atoms with E-state index in [0.717, 1.165) is 22.3 Å². The second-order valence-electron chi connectivity index (χ2n) is 6.62. The van der Waals surface area contributed by atoms with E-state index in [2.05, 4.69) is 11.1 Å². The number of amides is 1. The van der Waals surface area contributed by atoms with Crippen molar-refractivity contribution in [2.24, 2.45) is 0 Å². The first-order chi connectivity index (χ1) is 12.4. The first kappa shape index (κ1) is 18.5. The lowest BCUT2D eigenvalue weighted by molar-refractivity contribution is -0.118. The first-order valence-electron chi connectivity index (χ1n) is 8.49. The van der Waals surface area contributed by atoms with Gasteiger partial charge in [-0.15, -0.1) is 0 Å². The molecule has 3 aromatic rings. The highest BCUT2D eigenvalue weighted by Crippen LogP contribution is 2.30. The van der Waals surface area contributed by atoms with Crippen LogP contribution in [0.1, 0.15) is 11.1 Å². The Hall–Kier alpha value is -2.31. The zero-order valence-corrected chi connectivity index (χ0v) is 16.0. The standard InChI is InChI=1S/C20H22FN3OS/c1-14-4-9-17-18(12-14)26-20(22-17)24(11-10-23(2)3)19(25)13-15-5-7-16(21)8-6-15/h4-9,12H,10-11,13H2,1-3H3. The van der Waals surface area contributed by atoms with Crippen molar-refractivity contribution in [3.8, 4) is 0 Å². The van der Waals surface area contributed by atoms with Crippen molar-refractivity contribution in [1.29, 1.82) is 0 Å². The van der Waals surface area contributed by atoms with Crippen LogP contribution in [0, 0.1) is 12.7 Å². The van der Waals surface area contributed by atoms with Crippen LogP contribution in [0.2, 0.25) is 0 Å². The molecule has 3 rings (SSSR count). The van der Waals surface area contributed by atoms with Gasteiger partial charge in [-0.05, 0) is 56.4 Å². The van der Waals surface area contributed by atoms with Gasteiger partial charge in [0.15, 0.2) is 5.13 Å². The van der Waals surface area contributed by atoms with Gasteiger partial charge in [0.25, 0.3) is 0 Å². The summed E-state index contributed by atoms with van der Waals surface area (Å²) in [4.78, 5) is 21.4. The number of halogens is 1. The van der Waals surface area contributed by atoms with E-state index in [9.17, 15) is 9.18 Å². The summed E-state index contributed by atoms with van der Waals surface area (Å²) in [5, 5.41) is 0.708. The van der Waals surface area contributed by atoms with Gasteiger partial charge in [-0.1, -0.05) is 29.5 Å². The Morgan fingerprint density at radius 1 is 1.12 bits per heavy atom. The fourth-order valence-electron chi connectivity index (χ4n) is 2.63. The Morgan fingerprint density at radius 2 is 1.85 bits per heavy atom. The second kappa shape index (κ2) is 7.93. The van der Waals surface area contributed by atoms with E-state index < -0.39 is 0 Å². The van der Waals surface area contributed by atoms with Crippen LogP contribution in [0.25, 0.3) is 10.2 Å². The average Bonchev–Trinajstić information content (AvgIpc) is 2.99. The van der Waals surface area contributed by atoms with E-state index in [1.165, 1.54) is 29.0 Å². The highest BCUT2D eigenvalue weighted by atomic mass is 32.1. The van der Waals surface area contributed by atoms with Gasteiger partial charge >= 0.3 is 0 Å². The summed E-state index contributed by atoms with van der Waals surface area (Å²) in [6.45, 7) is 3.35. The normalized spacial score (nSPS) is 11.3. The highest BCUT2D eigenvalue weighted by Gasteiger charge is 2.20. The molecule has 0 spiro atoms. The predicted molar refractivity (Wildman–Crippen MR) is 105 cm³/mol. The molecule has 0 aliphatic carbocycles. The Labute approximate surface area is 156 Å². The Kier molecular flexibility index (Phi) is 5.64. The SMILES string of the molecule is Cc1ccc2nc(N(CCN(C)C)C(=O)Cc3ccc(F)cc3)sc2c1. The molecule has 0 saturated carbocycles. The maximum absolute atomic E-state index is 13.1. The molecule has 4 nitrogen and oxygen atoms in total. The molecule has 6 heteroatoms. The van der Waals surface area contributed by atoms with E-state index in [1.54, 1.807) is 17.0 Å². The molecule has 1 heterocycles. The number of fused-ring (bicyclic) bond motifs is 1.